The number of benzene rings is 1. The van der Waals surface area contributed by atoms with E-state index in [1.807, 2.05) is 12.1 Å². The molecule has 0 atom stereocenters. The van der Waals surface area contributed by atoms with Crippen LogP contribution in [0, 0.1) is 5.41 Å². The van der Waals surface area contributed by atoms with Crippen molar-refractivity contribution in [2.45, 2.75) is 57.8 Å². The summed E-state index contributed by atoms with van der Waals surface area (Å²) in [7, 11) is 0. The summed E-state index contributed by atoms with van der Waals surface area (Å²) < 4.78 is 0. The van der Waals surface area contributed by atoms with Gasteiger partial charge in [0.15, 0.2) is 0 Å². The number of carbonyl (C=O) groups excluding carboxylic acids is 1. The molecule has 2 N–H and O–H groups in total. The molecule has 0 radical (unpaired) electrons. The largest absolute Gasteiger partial charge is 0.481 e. The average molecular weight is 301 g/mol. The summed E-state index contributed by atoms with van der Waals surface area (Å²) in [4.78, 5) is 24.0. The van der Waals surface area contributed by atoms with Crippen molar-refractivity contribution in [2.24, 2.45) is 5.41 Å². The number of aryl methyl sites for hydroxylation is 2. The second kappa shape index (κ2) is 6.11. The summed E-state index contributed by atoms with van der Waals surface area (Å²) in [5.74, 6) is -1.00. The van der Waals surface area contributed by atoms with E-state index >= 15 is 0 Å². The maximum Gasteiger partial charge on any atom is 0.310 e. The first kappa shape index (κ1) is 15.1. The van der Waals surface area contributed by atoms with Crippen LogP contribution in [0.4, 0.5) is 5.69 Å². The van der Waals surface area contributed by atoms with E-state index in [9.17, 15) is 14.7 Å². The standard InChI is InChI=1S/C18H23NO3/c20-16(12-18(17(21)22)9-2-1-3-10-18)19-15-8-7-13-5-4-6-14(13)11-15/h7-8,11H,1-6,9-10,12H2,(H,19,20)(H,21,22). The zero-order valence-electron chi connectivity index (χ0n) is 12.9. The molecular weight excluding hydrogens is 278 g/mol. The van der Waals surface area contributed by atoms with Crippen LogP contribution in [0.25, 0.3) is 0 Å². The predicted molar refractivity (Wildman–Crippen MR) is 84.9 cm³/mol. The van der Waals surface area contributed by atoms with Crippen LogP contribution in [0.1, 0.15) is 56.1 Å². The first-order valence-corrected chi connectivity index (χ1v) is 8.24. The monoisotopic (exact) mass is 301 g/mol. The Balaban J connectivity index is 1.67. The van der Waals surface area contributed by atoms with Crippen LogP contribution in [0.5, 0.6) is 0 Å². The van der Waals surface area contributed by atoms with Gasteiger partial charge in [0, 0.05) is 12.1 Å². The third kappa shape index (κ3) is 3.01. The van der Waals surface area contributed by atoms with Gasteiger partial charge in [-0.2, -0.15) is 0 Å². The molecule has 2 aliphatic carbocycles. The first-order chi connectivity index (χ1) is 10.6. The van der Waals surface area contributed by atoms with E-state index in [1.54, 1.807) is 0 Å². The Morgan fingerprint density at radius 1 is 1.05 bits per heavy atom. The molecule has 4 nitrogen and oxygen atoms in total. The molecule has 0 bridgehead atoms. The molecule has 1 saturated carbocycles. The molecule has 1 fully saturated rings. The summed E-state index contributed by atoms with van der Waals surface area (Å²) in [6, 6.07) is 6.04. The number of carbonyl (C=O) groups is 2. The van der Waals surface area contributed by atoms with Gasteiger partial charge in [0.05, 0.1) is 5.41 Å². The second-order valence-electron chi connectivity index (χ2n) is 6.71. The van der Waals surface area contributed by atoms with Crippen molar-refractivity contribution in [1.82, 2.24) is 0 Å². The quantitative estimate of drug-likeness (QED) is 0.894. The highest BCUT2D eigenvalue weighted by molar-refractivity contribution is 5.94. The molecule has 1 aromatic rings. The van der Waals surface area contributed by atoms with Crippen LogP contribution in [0.2, 0.25) is 0 Å². The van der Waals surface area contributed by atoms with Gasteiger partial charge >= 0.3 is 5.97 Å². The molecule has 22 heavy (non-hydrogen) atoms. The molecular formula is C18H23NO3. The van der Waals surface area contributed by atoms with Gasteiger partial charge in [-0.1, -0.05) is 25.3 Å². The molecule has 0 aliphatic heterocycles. The van der Waals surface area contributed by atoms with Crippen molar-refractivity contribution in [3.05, 3.63) is 29.3 Å². The van der Waals surface area contributed by atoms with Gasteiger partial charge in [-0.3, -0.25) is 9.59 Å². The number of hydrogen-bond donors (Lipinski definition) is 2. The Labute approximate surface area is 130 Å². The highest BCUT2D eigenvalue weighted by Crippen LogP contribution is 2.40. The fourth-order valence-electron chi connectivity index (χ4n) is 3.86. The van der Waals surface area contributed by atoms with E-state index in [4.69, 9.17) is 0 Å². The highest BCUT2D eigenvalue weighted by Gasteiger charge is 2.41. The lowest BCUT2D eigenvalue weighted by atomic mass is 9.71. The third-order valence-electron chi connectivity index (χ3n) is 5.15. The summed E-state index contributed by atoms with van der Waals surface area (Å²) in [5, 5.41) is 12.4. The van der Waals surface area contributed by atoms with Gasteiger partial charge in [-0.25, -0.2) is 0 Å². The van der Waals surface area contributed by atoms with Gasteiger partial charge in [-0.15, -0.1) is 0 Å². The maximum atomic E-state index is 12.3. The Morgan fingerprint density at radius 3 is 2.50 bits per heavy atom. The topological polar surface area (TPSA) is 66.4 Å². The fraction of sp³-hybridized carbons (Fsp3) is 0.556. The molecule has 1 amide bonds. The van der Waals surface area contributed by atoms with Crippen LogP contribution < -0.4 is 5.32 Å². The molecule has 1 aromatic carbocycles. The van der Waals surface area contributed by atoms with Crippen molar-refractivity contribution in [1.29, 1.82) is 0 Å². The van der Waals surface area contributed by atoms with E-state index in [0.717, 1.165) is 37.8 Å². The molecule has 0 saturated heterocycles. The van der Waals surface area contributed by atoms with Crippen molar-refractivity contribution >= 4 is 17.6 Å². The van der Waals surface area contributed by atoms with Gasteiger partial charge < -0.3 is 10.4 Å². The fourth-order valence-corrected chi connectivity index (χ4v) is 3.86. The summed E-state index contributed by atoms with van der Waals surface area (Å²) >= 11 is 0. The van der Waals surface area contributed by atoms with Gasteiger partial charge in [0.2, 0.25) is 5.91 Å². The number of aliphatic carboxylic acids is 1. The molecule has 3 rings (SSSR count). The van der Waals surface area contributed by atoms with E-state index in [2.05, 4.69) is 11.4 Å². The predicted octanol–water partition coefficient (Wildman–Crippen LogP) is 3.54. The summed E-state index contributed by atoms with van der Waals surface area (Å²) in [6.45, 7) is 0. The second-order valence-corrected chi connectivity index (χ2v) is 6.71. The Morgan fingerprint density at radius 2 is 1.77 bits per heavy atom. The summed E-state index contributed by atoms with van der Waals surface area (Å²) in [5.41, 5.74) is 2.61. The third-order valence-corrected chi connectivity index (χ3v) is 5.15. The zero-order valence-corrected chi connectivity index (χ0v) is 12.9. The number of carboxylic acids is 1. The van der Waals surface area contributed by atoms with Crippen molar-refractivity contribution in [2.75, 3.05) is 5.32 Å². The van der Waals surface area contributed by atoms with Crippen LogP contribution in [-0.4, -0.2) is 17.0 Å². The number of amides is 1. The number of anilines is 1. The zero-order chi connectivity index (χ0) is 15.6. The first-order valence-electron chi connectivity index (χ1n) is 8.24. The minimum atomic E-state index is -0.862. The SMILES string of the molecule is O=C(CC1(C(=O)O)CCCCC1)Nc1ccc2c(c1)CCC2. The number of fused-ring (bicyclic) bond motifs is 1. The molecule has 0 unspecified atom stereocenters. The van der Waals surface area contributed by atoms with Gasteiger partial charge in [0.25, 0.3) is 0 Å². The van der Waals surface area contributed by atoms with Gasteiger partial charge in [0.1, 0.15) is 0 Å². The molecule has 4 heteroatoms. The van der Waals surface area contributed by atoms with Crippen LogP contribution in [-0.2, 0) is 22.4 Å². The minimum Gasteiger partial charge on any atom is -0.481 e. The number of carboxylic acid groups (broad SMARTS) is 1. The number of hydrogen-bond acceptors (Lipinski definition) is 2. The molecule has 0 spiro atoms. The highest BCUT2D eigenvalue weighted by atomic mass is 16.4. The van der Waals surface area contributed by atoms with Crippen molar-refractivity contribution in [3.63, 3.8) is 0 Å². The van der Waals surface area contributed by atoms with E-state index in [-0.39, 0.29) is 12.3 Å². The Hall–Kier alpha value is -1.84. The number of rotatable bonds is 4. The normalized spacial score (nSPS) is 19.5. The Bertz CT molecular complexity index is 588. The minimum absolute atomic E-state index is 0.0828. The van der Waals surface area contributed by atoms with Gasteiger partial charge in [-0.05, 0) is 55.4 Å². The lowest BCUT2D eigenvalue weighted by Crippen LogP contribution is -2.37. The van der Waals surface area contributed by atoms with E-state index in [0.29, 0.717) is 12.8 Å². The lowest BCUT2D eigenvalue weighted by Gasteiger charge is -2.32. The molecule has 0 heterocycles. The maximum absolute atomic E-state index is 12.3. The lowest BCUT2D eigenvalue weighted by molar-refractivity contribution is -0.153. The average Bonchev–Trinajstić information content (AvgIpc) is 2.95. The van der Waals surface area contributed by atoms with Crippen LogP contribution in [0.3, 0.4) is 0 Å². The van der Waals surface area contributed by atoms with Crippen molar-refractivity contribution in [3.8, 4) is 0 Å². The molecule has 0 aromatic heterocycles. The van der Waals surface area contributed by atoms with Crippen LogP contribution in [0.15, 0.2) is 18.2 Å². The van der Waals surface area contributed by atoms with E-state index < -0.39 is 11.4 Å². The van der Waals surface area contributed by atoms with Crippen molar-refractivity contribution < 1.29 is 14.7 Å². The Kier molecular flexibility index (Phi) is 4.19. The summed E-state index contributed by atoms with van der Waals surface area (Å²) in [6.07, 6.45) is 7.54. The molecule has 118 valence electrons. The van der Waals surface area contributed by atoms with Crippen LogP contribution >= 0.6 is 0 Å². The smallest absolute Gasteiger partial charge is 0.310 e. The molecule has 2 aliphatic rings. The van der Waals surface area contributed by atoms with E-state index in [1.165, 1.54) is 17.5 Å². The number of nitrogens with one attached hydrogen (secondary N) is 1.